The minimum absolute atomic E-state index is 0.161. The first kappa shape index (κ1) is 14.1. The number of esters is 1. The predicted octanol–water partition coefficient (Wildman–Crippen LogP) is 2.97. The van der Waals surface area contributed by atoms with Gasteiger partial charge in [0.1, 0.15) is 17.4 Å². The van der Waals surface area contributed by atoms with E-state index in [1.807, 2.05) is 39.8 Å². The average molecular weight is 265 g/mol. The Labute approximate surface area is 114 Å². The van der Waals surface area contributed by atoms with Crippen molar-refractivity contribution in [1.82, 2.24) is 4.90 Å². The number of carbonyl (C=O) groups excluding carboxylic acids is 1. The van der Waals surface area contributed by atoms with Crippen LogP contribution in [0.15, 0.2) is 22.8 Å². The highest BCUT2D eigenvalue weighted by Crippen LogP contribution is 2.31. The molecule has 0 aromatic carbocycles. The summed E-state index contributed by atoms with van der Waals surface area (Å²) in [5, 5.41) is 0. The van der Waals surface area contributed by atoms with E-state index in [0.29, 0.717) is 12.6 Å². The number of hydrogen-bond acceptors (Lipinski definition) is 4. The molecular formula is C15H23NO3. The van der Waals surface area contributed by atoms with Gasteiger partial charge in [-0.3, -0.25) is 9.69 Å². The highest BCUT2D eigenvalue weighted by atomic mass is 16.6. The molecule has 4 heteroatoms. The van der Waals surface area contributed by atoms with E-state index in [9.17, 15) is 4.79 Å². The summed E-state index contributed by atoms with van der Waals surface area (Å²) in [5.41, 5.74) is -0.439. The van der Waals surface area contributed by atoms with Gasteiger partial charge in [-0.25, -0.2) is 0 Å². The van der Waals surface area contributed by atoms with Gasteiger partial charge in [-0.2, -0.15) is 0 Å². The summed E-state index contributed by atoms with van der Waals surface area (Å²) in [6.07, 6.45) is 3.96. The van der Waals surface area contributed by atoms with Crippen molar-refractivity contribution in [2.45, 2.75) is 64.8 Å². The minimum atomic E-state index is -0.439. The van der Waals surface area contributed by atoms with E-state index < -0.39 is 5.60 Å². The van der Waals surface area contributed by atoms with Crippen molar-refractivity contribution in [1.29, 1.82) is 0 Å². The largest absolute Gasteiger partial charge is 0.468 e. The second-order valence-corrected chi connectivity index (χ2v) is 6.19. The van der Waals surface area contributed by atoms with Crippen LogP contribution in [0, 0.1) is 0 Å². The lowest BCUT2D eigenvalue weighted by Gasteiger charge is -2.29. The third-order valence-corrected chi connectivity index (χ3v) is 3.18. The summed E-state index contributed by atoms with van der Waals surface area (Å²) in [6, 6.07) is 4.06. The zero-order valence-electron chi connectivity index (χ0n) is 12.2. The molecule has 0 amide bonds. The molecule has 0 saturated heterocycles. The van der Waals surface area contributed by atoms with E-state index in [1.54, 1.807) is 6.26 Å². The summed E-state index contributed by atoms with van der Waals surface area (Å²) in [7, 11) is 0. The number of rotatable bonds is 5. The van der Waals surface area contributed by atoms with Gasteiger partial charge in [0.2, 0.25) is 0 Å². The van der Waals surface area contributed by atoms with Crippen molar-refractivity contribution >= 4 is 5.97 Å². The SMILES string of the molecule is CC(C(=O)OC(C)(C)C)N(Cc1ccco1)C1CC1. The lowest BCUT2D eigenvalue weighted by Crippen LogP contribution is -2.43. The molecule has 1 unspecified atom stereocenters. The standard InChI is InChI=1S/C15H23NO3/c1-11(14(17)19-15(2,3)4)16(12-7-8-12)10-13-6-5-9-18-13/h5-6,9,11-12H,7-8,10H2,1-4H3. The van der Waals surface area contributed by atoms with E-state index in [1.165, 1.54) is 0 Å². The van der Waals surface area contributed by atoms with E-state index in [4.69, 9.17) is 9.15 Å². The third kappa shape index (κ3) is 4.10. The van der Waals surface area contributed by atoms with Crippen LogP contribution in [0.5, 0.6) is 0 Å². The molecular weight excluding hydrogens is 242 g/mol. The fraction of sp³-hybridized carbons (Fsp3) is 0.667. The van der Waals surface area contributed by atoms with Crippen LogP contribution in [0.1, 0.15) is 46.3 Å². The Bertz CT molecular complexity index is 415. The van der Waals surface area contributed by atoms with Crippen molar-refractivity contribution in [2.75, 3.05) is 0 Å². The first-order valence-corrected chi connectivity index (χ1v) is 6.88. The Morgan fingerprint density at radius 2 is 2.21 bits per heavy atom. The normalized spacial score (nSPS) is 17.5. The summed E-state index contributed by atoms with van der Waals surface area (Å²) >= 11 is 0. The van der Waals surface area contributed by atoms with Gasteiger partial charge in [0.15, 0.2) is 0 Å². The molecule has 2 rings (SSSR count). The van der Waals surface area contributed by atoms with Crippen LogP contribution < -0.4 is 0 Å². The van der Waals surface area contributed by atoms with Crippen molar-refractivity contribution < 1.29 is 13.9 Å². The zero-order chi connectivity index (χ0) is 14.0. The maximum atomic E-state index is 12.2. The molecule has 4 nitrogen and oxygen atoms in total. The van der Waals surface area contributed by atoms with Gasteiger partial charge < -0.3 is 9.15 Å². The molecule has 0 spiro atoms. The molecule has 0 bridgehead atoms. The maximum Gasteiger partial charge on any atom is 0.323 e. The Morgan fingerprint density at radius 1 is 1.53 bits per heavy atom. The Kier molecular flexibility index (Phi) is 3.99. The van der Waals surface area contributed by atoms with Gasteiger partial charge in [-0.15, -0.1) is 0 Å². The van der Waals surface area contributed by atoms with E-state index in [0.717, 1.165) is 18.6 Å². The van der Waals surface area contributed by atoms with E-state index >= 15 is 0 Å². The molecule has 1 aliphatic rings. The van der Waals surface area contributed by atoms with Crippen LogP contribution in [0.4, 0.5) is 0 Å². The molecule has 106 valence electrons. The van der Waals surface area contributed by atoms with Gasteiger partial charge in [0, 0.05) is 6.04 Å². The monoisotopic (exact) mass is 265 g/mol. The molecule has 1 aliphatic carbocycles. The van der Waals surface area contributed by atoms with Gasteiger partial charge in [-0.05, 0) is 52.7 Å². The summed E-state index contributed by atoms with van der Waals surface area (Å²) in [5.74, 6) is 0.730. The molecule has 0 radical (unpaired) electrons. The van der Waals surface area contributed by atoms with Crippen LogP contribution in [0.2, 0.25) is 0 Å². The van der Waals surface area contributed by atoms with Crippen LogP contribution in [-0.4, -0.2) is 28.6 Å². The Balaban J connectivity index is 2.00. The predicted molar refractivity (Wildman–Crippen MR) is 72.6 cm³/mol. The third-order valence-electron chi connectivity index (χ3n) is 3.18. The van der Waals surface area contributed by atoms with Crippen molar-refractivity contribution in [3.8, 4) is 0 Å². The molecule has 1 fully saturated rings. The Morgan fingerprint density at radius 3 is 2.68 bits per heavy atom. The lowest BCUT2D eigenvalue weighted by atomic mass is 10.2. The zero-order valence-corrected chi connectivity index (χ0v) is 12.2. The summed E-state index contributed by atoms with van der Waals surface area (Å²) < 4.78 is 10.8. The number of carbonyl (C=O) groups is 1. The van der Waals surface area contributed by atoms with Crippen molar-refractivity contribution in [2.24, 2.45) is 0 Å². The van der Waals surface area contributed by atoms with Crippen LogP contribution in [0.3, 0.4) is 0 Å². The van der Waals surface area contributed by atoms with Gasteiger partial charge in [-0.1, -0.05) is 0 Å². The topological polar surface area (TPSA) is 42.7 Å². The van der Waals surface area contributed by atoms with Crippen LogP contribution in [0.25, 0.3) is 0 Å². The molecule has 19 heavy (non-hydrogen) atoms. The maximum absolute atomic E-state index is 12.2. The number of furan rings is 1. The minimum Gasteiger partial charge on any atom is -0.468 e. The van der Waals surface area contributed by atoms with Crippen LogP contribution in [-0.2, 0) is 16.1 Å². The highest BCUT2D eigenvalue weighted by Gasteiger charge is 2.37. The second-order valence-electron chi connectivity index (χ2n) is 6.19. The lowest BCUT2D eigenvalue weighted by molar-refractivity contribution is -0.161. The molecule has 0 N–H and O–H groups in total. The summed E-state index contributed by atoms with van der Waals surface area (Å²) in [4.78, 5) is 14.3. The smallest absolute Gasteiger partial charge is 0.323 e. The van der Waals surface area contributed by atoms with Crippen LogP contribution >= 0.6 is 0 Å². The first-order chi connectivity index (χ1) is 8.87. The molecule has 1 saturated carbocycles. The molecule has 1 aromatic heterocycles. The highest BCUT2D eigenvalue weighted by molar-refractivity contribution is 5.75. The molecule has 0 aliphatic heterocycles. The molecule has 1 aromatic rings. The van der Waals surface area contributed by atoms with Gasteiger partial charge in [0.25, 0.3) is 0 Å². The number of ether oxygens (including phenoxy) is 1. The first-order valence-electron chi connectivity index (χ1n) is 6.88. The van der Waals surface area contributed by atoms with Gasteiger partial charge in [0.05, 0.1) is 12.8 Å². The summed E-state index contributed by atoms with van der Waals surface area (Å²) in [6.45, 7) is 8.26. The van der Waals surface area contributed by atoms with E-state index in [2.05, 4.69) is 4.90 Å². The Hall–Kier alpha value is -1.29. The second kappa shape index (κ2) is 5.37. The number of hydrogen-bond donors (Lipinski definition) is 0. The van der Waals surface area contributed by atoms with Crippen molar-refractivity contribution in [3.05, 3.63) is 24.2 Å². The van der Waals surface area contributed by atoms with Crippen molar-refractivity contribution in [3.63, 3.8) is 0 Å². The van der Waals surface area contributed by atoms with Gasteiger partial charge >= 0.3 is 5.97 Å². The molecule has 1 heterocycles. The average Bonchev–Trinajstić information content (AvgIpc) is 3.00. The molecule has 1 atom stereocenters. The fourth-order valence-electron chi connectivity index (χ4n) is 2.09. The van der Waals surface area contributed by atoms with E-state index in [-0.39, 0.29) is 12.0 Å². The number of nitrogens with zero attached hydrogens (tertiary/aromatic N) is 1. The quantitative estimate of drug-likeness (QED) is 0.768. The fourth-order valence-corrected chi connectivity index (χ4v) is 2.09.